The van der Waals surface area contributed by atoms with Crippen LogP contribution in [0.4, 0.5) is 14.5 Å². The van der Waals surface area contributed by atoms with Crippen molar-refractivity contribution in [1.29, 1.82) is 0 Å². The molecule has 0 heterocycles. The first kappa shape index (κ1) is 20.3. The maximum absolute atomic E-state index is 13.6. The van der Waals surface area contributed by atoms with Crippen molar-refractivity contribution in [1.82, 2.24) is 10.2 Å². The second-order valence-corrected chi connectivity index (χ2v) is 7.11. The molecule has 0 unspecified atom stereocenters. The molecule has 0 atom stereocenters. The van der Waals surface area contributed by atoms with Crippen molar-refractivity contribution in [3.8, 4) is 0 Å². The molecule has 0 bridgehead atoms. The SMILES string of the molecule is CN(C)CCCNC(=O)C1CCC(C(=O)Nc2ccc(F)cc2F)CC1. The van der Waals surface area contributed by atoms with Gasteiger partial charge in [-0.3, -0.25) is 9.59 Å². The minimum atomic E-state index is -0.788. The largest absolute Gasteiger partial charge is 0.356 e. The molecule has 1 aliphatic carbocycles. The topological polar surface area (TPSA) is 61.4 Å². The third-order valence-electron chi connectivity index (χ3n) is 4.74. The van der Waals surface area contributed by atoms with Gasteiger partial charge in [-0.1, -0.05) is 0 Å². The number of nitrogens with one attached hydrogen (secondary N) is 2. The molecule has 1 aromatic rings. The fourth-order valence-electron chi connectivity index (χ4n) is 3.19. The average molecular weight is 367 g/mol. The summed E-state index contributed by atoms with van der Waals surface area (Å²) in [4.78, 5) is 26.5. The first-order chi connectivity index (χ1) is 12.4. The van der Waals surface area contributed by atoms with E-state index >= 15 is 0 Å². The third-order valence-corrected chi connectivity index (χ3v) is 4.74. The van der Waals surface area contributed by atoms with Gasteiger partial charge in [-0.15, -0.1) is 0 Å². The Morgan fingerprint density at radius 3 is 2.27 bits per heavy atom. The molecule has 144 valence electrons. The lowest BCUT2D eigenvalue weighted by atomic mass is 9.81. The van der Waals surface area contributed by atoms with E-state index in [9.17, 15) is 18.4 Å². The lowest BCUT2D eigenvalue weighted by Crippen LogP contribution is -2.36. The van der Waals surface area contributed by atoms with Crippen LogP contribution in [-0.4, -0.2) is 43.9 Å². The van der Waals surface area contributed by atoms with Gasteiger partial charge in [-0.05, 0) is 64.9 Å². The van der Waals surface area contributed by atoms with Gasteiger partial charge in [0.05, 0.1) is 5.69 Å². The van der Waals surface area contributed by atoms with Gasteiger partial charge in [0.2, 0.25) is 11.8 Å². The molecule has 5 nitrogen and oxygen atoms in total. The molecule has 1 aliphatic rings. The molecule has 0 radical (unpaired) electrons. The van der Waals surface area contributed by atoms with Crippen LogP contribution in [0.25, 0.3) is 0 Å². The summed E-state index contributed by atoms with van der Waals surface area (Å²) in [6, 6.07) is 3.07. The highest BCUT2D eigenvalue weighted by Crippen LogP contribution is 2.30. The van der Waals surface area contributed by atoms with Crippen LogP contribution in [0.3, 0.4) is 0 Å². The summed E-state index contributed by atoms with van der Waals surface area (Å²) in [5, 5.41) is 5.47. The molecule has 1 saturated carbocycles. The number of nitrogens with zero attached hydrogens (tertiary/aromatic N) is 1. The number of halogens is 2. The number of hydrogen-bond acceptors (Lipinski definition) is 3. The minimum absolute atomic E-state index is 0.0165. The first-order valence-electron chi connectivity index (χ1n) is 9.05. The van der Waals surface area contributed by atoms with Crippen LogP contribution < -0.4 is 10.6 Å². The summed E-state index contributed by atoms with van der Waals surface area (Å²) in [6.45, 7) is 1.58. The molecule has 0 aromatic heterocycles. The Labute approximate surface area is 153 Å². The van der Waals surface area contributed by atoms with Gasteiger partial charge in [-0.2, -0.15) is 0 Å². The molecule has 2 N–H and O–H groups in total. The molecule has 7 heteroatoms. The van der Waals surface area contributed by atoms with Gasteiger partial charge in [0, 0.05) is 24.4 Å². The van der Waals surface area contributed by atoms with Crippen molar-refractivity contribution < 1.29 is 18.4 Å². The zero-order valence-corrected chi connectivity index (χ0v) is 15.4. The lowest BCUT2D eigenvalue weighted by molar-refractivity contribution is -0.128. The molecule has 0 aliphatic heterocycles. The first-order valence-corrected chi connectivity index (χ1v) is 9.05. The number of carbonyl (C=O) groups is 2. The van der Waals surface area contributed by atoms with Crippen molar-refractivity contribution in [2.24, 2.45) is 11.8 Å². The molecule has 26 heavy (non-hydrogen) atoms. The molecule has 1 aromatic carbocycles. The standard InChI is InChI=1S/C19H27F2N3O2/c1-24(2)11-3-10-22-18(25)13-4-6-14(7-5-13)19(26)23-17-9-8-15(20)12-16(17)21/h8-9,12-14H,3-7,10-11H2,1-2H3,(H,22,25)(H,23,26). The van der Waals surface area contributed by atoms with Crippen LogP contribution in [0.15, 0.2) is 18.2 Å². The highest BCUT2D eigenvalue weighted by Gasteiger charge is 2.30. The van der Waals surface area contributed by atoms with Crippen LogP contribution >= 0.6 is 0 Å². The summed E-state index contributed by atoms with van der Waals surface area (Å²) in [5.41, 5.74) is -0.0165. The minimum Gasteiger partial charge on any atom is -0.356 e. The second kappa shape index (κ2) is 9.62. The van der Waals surface area contributed by atoms with Crippen molar-refractivity contribution >= 4 is 17.5 Å². The predicted molar refractivity (Wildman–Crippen MR) is 96.6 cm³/mol. The van der Waals surface area contributed by atoms with E-state index in [2.05, 4.69) is 15.5 Å². The molecule has 0 saturated heterocycles. The maximum Gasteiger partial charge on any atom is 0.227 e. The van der Waals surface area contributed by atoms with Crippen LogP contribution in [0.1, 0.15) is 32.1 Å². The zero-order valence-electron chi connectivity index (χ0n) is 15.4. The summed E-state index contributed by atoms with van der Waals surface area (Å²) in [7, 11) is 3.98. The summed E-state index contributed by atoms with van der Waals surface area (Å²) >= 11 is 0. The van der Waals surface area contributed by atoms with Crippen LogP contribution in [0.2, 0.25) is 0 Å². The highest BCUT2D eigenvalue weighted by atomic mass is 19.1. The fourth-order valence-corrected chi connectivity index (χ4v) is 3.19. The molecular formula is C19H27F2N3O2. The van der Waals surface area contributed by atoms with Crippen LogP contribution in [0.5, 0.6) is 0 Å². The van der Waals surface area contributed by atoms with E-state index in [-0.39, 0.29) is 29.3 Å². The van der Waals surface area contributed by atoms with Crippen LogP contribution in [-0.2, 0) is 9.59 Å². The van der Waals surface area contributed by atoms with E-state index in [0.717, 1.165) is 25.1 Å². The zero-order chi connectivity index (χ0) is 19.1. The average Bonchev–Trinajstić information content (AvgIpc) is 2.61. The Bertz CT molecular complexity index is 629. The Kier molecular flexibility index (Phi) is 7.50. The second-order valence-electron chi connectivity index (χ2n) is 7.11. The van der Waals surface area contributed by atoms with Gasteiger partial charge >= 0.3 is 0 Å². The van der Waals surface area contributed by atoms with E-state index < -0.39 is 11.6 Å². The normalized spacial score (nSPS) is 20.0. The molecule has 2 rings (SSSR count). The van der Waals surface area contributed by atoms with E-state index in [1.165, 1.54) is 6.07 Å². The smallest absolute Gasteiger partial charge is 0.227 e. The van der Waals surface area contributed by atoms with Gasteiger partial charge < -0.3 is 15.5 Å². The third kappa shape index (κ3) is 6.05. The summed E-state index contributed by atoms with van der Waals surface area (Å²) in [5.74, 6) is -2.02. The number of anilines is 1. The maximum atomic E-state index is 13.6. The number of rotatable bonds is 7. The number of hydrogen-bond donors (Lipinski definition) is 2. The van der Waals surface area contributed by atoms with Gasteiger partial charge in [0.1, 0.15) is 11.6 Å². The predicted octanol–water partition coefficient (Wildman–Crippen LogP) is 2.78. The Morgan fingerprint density at radius 2 is 1.69 bits per heavy atom. The highest BCUT2D eigenvalue weighted by molar-refractivity contribution is 5.92. The lowest BCUT2D eigenvalue weighted by Gasteiger charge is -2.27. The van der Waals surface area contributed by atoms with Crippen molar-refractivity contribution in [3.05, 3.63) is 29.8 Å². The van der Waals surface area contributed by atoms with E-state index in [4.69, 9.17) is 0 Å². The monoisotopic (exact) mass is 367 g/mol. The Balaban J connectivity index is 1.75. The molecule has 2 amide bonds. The van der Waals surface area contributed by atoms with Gasteiger partial charge in [-0.25, -0.2) is 8.78 Å². The van der Waals surface area contributed by atoms with Crippen molar-refractivity contribution in [3.63, 3.8) is 0 Å². The summed E-state index contributed by atoms with van der Waals surface area (Å²) in [6.07, 6.45) is 3.36. The number of amides is 2. The summed E-state index contributed by atoms with van der Waals surface area (Å²) < 4.78 is 26.5. The molecule has 0 spiro atoms. The van der Waals surface area contributed by atoms with Crippen molar-refractivity contribution in [2.45, 2.75) is 32.1 Å². The Hall–Kier alpha value is -2.02. The van der Waals surface area contributed by atoms with E-state index in [1.54, 1.807) is 0 Å². The number of benzene rings is 1. The van der Waals surface area contributed by atoms with E-state index in [1.807, 2.05) is 14.1 Å². The van der Waals surface area contributed by atoms with Gasteiger partial charge in [0.15, 0.2) is 0 Å². The number of carbonyl (C=O) groups excluding carboxylic acids is 2. The Morgan fingerprint density at radius 1 is 1.08 bits per heavy atom. The molecule has 1 fully saturated rings. The quantitative estimate of drug-likeness (QED) is 0.729. The fraction of sp³-hybridized carbons (Fsp3) is 0.579. The van der Waals surface area contributed by atoms with E-state index in [0.29, 0.717) is 32.2 Å². The van der Waals surface area contributed by atoms with Crippen molar-refractivity contribution in [2.75, 3.05) is 32.5 Å². The molecular weight excluding hydrogens is 340 g/mol. The van der Waals surface area contributed by atoms with Gasteiger partial charge in [0.25, 0.3) is 0 Å². The van der Waals surface area contributed by atoms with Crippen LogP contribution in [0, 0.1) is 23.5 Å².